The molecule has 2 saturated heterocycles. The van der Waals surface area contributed by atoms with Gasteiger partial charge in [-0.1, -0.05) is 12.8 Å². The fraction of sp³-hybridized carbons (Fsp3) is 0.667. The number of nitrogens with zero attached hydrogens (tertiary/aromatic N) is 5. The Morgan fingerprint density at radius 3 is 2.19 bits per heavy atom. The van der Waals surface area contributed by atoms with E-state index in [0.29, 0.717) is 38.5 Å². The van der Waals surface area contributed by atoms with Crippen LogP contribution in [0.15, 0.2) is 12.1 Å². The second-order valence-corrected chi connectivity index (χ2v) is 6.66. The van der Waals surface area contributed by atoms with E-state index in [1.54, 1.807) is 17.9 Å². The number of rotatable bonds is 3. The van der Waals surface area contributed by atoms with Crippen LogP contribution in [0.5, 0.6) is 0 Å². The second-order valence-electron chi connectivity index (χ2n) is 6.66. The molecule has 0 bridgehead atoms. The molecule has 0 radical (unpaired) electrons. The molecule has 0 spiro atoms. The van der Waals surface area contributed by atoms with Crippen LogP contribution in [0.3, 0.4) is 0 Å². The standard InChI is InChI=1S/C18H27N5O3/c1-2-26-18(25)23-13-11-21(12-14-23)16-8-7-15(19-20-16)17(24)22-9-5-3-4-6-10-22/h7-8H,2-6,9-14H2,1H3. The maximum Gasteiger partial charge on any atom is 0.409 e. The van der Waals surface area contributed by atoms with E-state index in [1.807, 2.05) is 11.0 Å². The summed E-state index contributed by atoms with van der Waals surface area (Å²) in [6.07, 6.45) is 4.22. The molecule has 142 valence electrons. The van der Waals surface area contributed by atoms with Gasteiger partial charge in [-0.3, -0.25) is 4.79 Å². The van der Waals surface area contributed by atoms with Gasteiger partial charge in [-0.2, -0.15) is 0 Å². The van der Waals surface area contributed by atoms with Gasteiger partial charge >= 0.3 is 6.09 Å². The minimum absolute atomic E-state index is 0.0296. The van der Waals surface area contributed by atoms with Crippen LogP contribution in [-0.4, -0.2) is 77.9 Å². The Hall–Kier alpha value is -2.38. The Morgan fingerprint density at radius 1 is 0.923 bits per heavy atom. The van der Waals surface area contributed by atoms with Crippen molar-refractivity contribution in [2.24, 2.45) is 0 Å². The average Bonchev–Trinajstić information content (AvgIpc) is 2.97. The maximum absolute atomic E-state index is 12.6. The number of likely N-dealkylation sites (tertiary alicyclic amines) is 1. The van der Waals surface area contributed by atoms with Gasteiger partial charge < -0.3 is 19.4 Å². The topological polar surface area (TPSA) is 78.9 Å². The predicted molar refractivity (Wildman–Crippen MR) is 97.2 cm³/mol. The van der Waals surface area contributed by atoms with E-state index >= 15 is 0 Å². The van der Waals surface area contributed by atoms with Crippen molar-refractivity contribution in [3.05, 3.63) is 17.8 Å². The van der Waals surface area contributed by atoms with Crippen LogP contribution in [0, 0.1) is 0 Å². The third-order valence-corrected chi connectivity index (χ3v) is 4.89. The number of anilines is 1. The predicted octanol–water partition coefficient (Wildman–Crippen LogP) is 1.77. The lowest BCUT2D eigenvalue weighted by atomic mass is 10.2. The third-order valence-electron chi connectivity index (χ3n) is 4.89. The molecule has 0 atom stereocenters. The van der Waals surface area contributed by atoms with Gasteiger partial charge in [0.15, 0.2) is 11.5 Å². The highest BCUT2D eigenvalue weighted by molar-refractivity contribution is 5.92. The number of carbonyl (C=O) groups is 2. The van der Waals surface area contributed by atoms with Crippen LogP contribution in [-0.2, 0) is 4.74 Å². The fourth-order valence-electron chi connectivity index (χ4n) is 3.38. The van der Waals surface area contributed by atoms with Gasteiger partial charge in [-0.25, -0.2) is 4.79 Å². The van der Waals surface area contributed by atoms with E-state index in [4.69, 9.17) is 4.74 Å². The van der Waals surface area contributed by atoms with Crippen molar-refractivity contribution in [3.8, 4) is 0 Å². The van der Waals surface area contributed by atoms with Gasteiger partial charge in [0, 0.05) is 39.3 Å². The van der Waals surface area contributed by atoms with Gasteiger partial charge in [-0.15, -0.1) is 10.2 Å². The first-order valence-corrected chi connectivity index (χ1v) is 9.48. The monoisotopic (exact) mass is 361 g/mol. The minimum atomic E-state index is -0.267. The Balaban J connectivity index is 1.56. The summed E-state index contributed by atoms with van der Waals surface area (Å²) in [4.78, 5) is 30.0. The summed E-state index contributed by atoms with van der Waals surface area (Å²) >= 11 is 0. The van der Waals surface area contributed by atoms with Gasteiger partial charge in [0.05, 0.1) is 6.61 Å². The summed E-state index contributed by atoms with van der Waals surface area (Å²) in [5, 5.41) is 8.40. The molecule has 0 unspecified atom stereocenters. The number of carbonyl (C=O) groups excluding carboxylic acids is 2. The SMILES string of the molecule is CCOC(=O)N1CCN(c2ccc(C(=O)N3CCCCCC3)nn2)CC1. The molecule has 26 heavy (non-hydrogen) atoms. The molecule has 8 heteroatoms. The fourth-order valence-corrected chi connectivity index (χ4v) is 3.38. The number of amides is 2. The summed E-state index contributed by atoms with van der Waals surface area (Å²) in [5.74, 6) is 0.707. The van der Waals surface area contributed by atoms with Crippen molar-refractivity contribution >= 4 is 17.8 Å². The average molecular weight is 361 g/mol. The van der Waals surface area contributed by atoms with Gasteiger partial charge in [0.1, 0.15) is 0 Å². The normalized spacial score (nSPS) is 18.4. The molecule has 3 rings (SSSR count). The van der Waals surface area contributed by atoms with Crippen molar-refractivity contribution < 1.29 is 14.3 Å². The number of piperazine rings is 1. The first-order valence-electron chi connectivity index (χ1n) is 9.48. The lowest BCUT2D eigenvalue weighted by molar-refractivity contribution is 0.0754. The molecule has 0 saturated carbocycles. The Bertz CT molecular complexity index is 606. The van der Waals surface area contributed by atoms with E-state index in [0.717, 1.165) is 31.7 Å². The molecular weight excluding hydrogens is 334 g/mol. The zero-order valence-corrected chi connectivity index (χ0v) is 15.4. The number of hydrogen-bond acceptors (Lipinski definition) is 6. The van der Waals surface area contributed by atoms with Crippen LogP contribution in [0.2, 0.25) is 0 Å². The first kappa shape index (κ1) is 18.4. The van der Waals surface area contributed by atoms with Crippen LogP contribution < -0.4 is 4.90 Å². The molecule has 0 aliphatic carbocycles. The third kappa shape index (κ3) is 4.42. The summed E-state index contributed by atoms with van der Waals surface area (Å²) in [7, 11) is 0. The number of hydrogen-bond donors (Lipinski definition) is 0. The highest BCUT2D eigenvalue weighted by Gasteiger charge is 2.24. The molecule has 0 aromatic carbocycles. The van der Waals surface area contributed by atoms with Crippen LogP contribution >= 0.6 is 0 Å². The quantitative estimate of drug-likeness (QED) is 0.816. The Labute approximate surface area is 154 Å². The Morgan fingerprint density at radius 2 is 1.62 bits per heavy atom. The summed E-state index contributed by atoms with van der Waals surface area (Å²) in [6.45, 7) is 6.33. The van der Waals surface area contributed by atoms with Crippen LogP contribution in [0.1, 0.15) is 43.1 Å². The van der Waals surface area contributed by atoms with Crippen molar-refractivity contribution in [1.82, 2.24) is 20.0 Å². The van der Waals surface area contributed by atoms with Crippen molar-refractivity contribution in [2.45, 2.75) is 32.6 Å². The molecule has 1 aromatic rings. The van der Waals surface area contributed by atoms with E-state index in [1.165, 1.54) is 12.8 Å². The molecule has 3 heterocycles. The van der Waals surface area contributed by atoms with Crippen molar-refractivity contribution in [1.29, 1.82) is 0 Å². The lowest BCUT2D eigenvalue weighted by Gasteiger charge is -2.34. The van der Waals surface area contributed by atoms with Gasteiger partial charge in [0.25, 0.3) is 5.91 Å². The molecule has 2 aliphatic heterocycles. The van der Waals surface area contributed by atoms with Gasteiger partial charge in [0.2, 0.25) is 0 Å². The second kappa shape index (κ2) is 8.82. The highest BCUT2D eigenvalue weighted by Crippen LogP contribution is 2.16. The molecule has 0 N–H and O–H groups in total. The van der Waals surface area contributed by atoms with E-state index in [-0.39, 0.29) is 12.0 Å². The van der Waals surface area contributed by atoms with E-state index in [2.05, 4.69) is 15.1 Å². The highest BCUT2D eigenvalue weighted by atomic mass is 16.6. The molecule has 2 amide bonds. The first-order chi connectivity index (χ1) is 12.7. The van der Waals surface area contributed by atoms with Gasteiger partial charge in [-0.05, 0) is 31.9 Å². The summed E-state index contributed by atoms with van der Waals surface area (Å²) in [6, 6.07) is 3.60. The minimum Gasteiger partial charge on any atom is -0.450 e. The zero-order valence-electron chi connectivity index (χ0n) is 15.4. The molecule has 1 aromatic heterocycles. The number of aromatic nitrogens is 2. The largest absolute Gasteiger partial charge is 0.450 e. The smallest absolute Gasteiger partial charge is 0.409 e. The molecule has 8 nitrogen and oxygen atoms in total. The lowest BCUT2D eigenvalue weighted by Crippen LogP contribution is -2.49. The summed E-state index contributed by atoms with van der Waals surface area (Å²) < 4.78 is 5.03. The summed E-state index contributed by atoms with van der Waals surface area (Å²) in [5.41, 5.74) is 0.404. The molecular formula is C18H27N5O3. The maximum atomic E-state index is 12.6. The van der Waals surface area contributed by atoms with Crippen molar-refractivity contribution in [2.75, 3.05) is 50.8 Å². The van der Waals surface area contributed by atoms with E-state index < -0.39 is 0 Å². The zero-order chi connectivity index (χ0) is 18.4. The van der Waals surface area contributed by atoms with Crippen LogP contribution in [0.4, 0.5) is 10.6 Å². The van der Waals surface area contributed by atoms with Crippen molar-refractivity contribution in [3.63, 3.8) is 0 Å². The molecule has 2 aliphatic rings. The molecule has 2 fully saturated rings. The van der Waals surface area contributed by atoms with Crippen LogP contribution in [0.25, 0.3) is 0 Å². The number of ether oxygens (including phenoxy) is 1. The van der Waals surface area contributed by atoms with E-state index in [9.17, 15) is 9.59 Å². The Kier molecular flexibility index (Phi) is 6.25.